The fourth-order valence-electron chi connectivity index (χ4n) is 2.82. The van der Waals surface area contributed by atoms with Crippen LogP contribution in [0.4, 0.5) is 4.39 Å². The first kappa shape index (κ1) is 16.9. The first-order chi connectivity index (χ1) is 10.3. The largest absolute Gasteiger partial charge is 0.370 e. The van der Waals surface area contributed by atoms with Crippen molar-refractivity contribution >= 4 is 15.9 Å². The molecule has 1 heterocycles. The van der Waals surface area contributed by atoms with E-state index in [0.717, 1.165) is 6.42 Å². The number of benzene rings is 1. The number of sulfonamides is 1. The zero-order valence-corrected chi connectivity index (χ0v) is 13.4. The second kappa shape index (κ2) is 6.75. The molecule has 22 heavy (non-hydrogen) atoms. The van der Waals surface area contributed by atoms with Crippen molar-refractivity contribution in [3.8, 4) is 0 Å². The lowest BCUT2D eigenvalue weighted by atomic mass is 9.97. The molecule has 1 unspecified atom stereocenters. The monoisotopic (exact) mass is 328 g/mol. The van der Waals surface area contributed by atoms with Gasteiger partial charge >= 0.3 is 0 Å². The van der Waals surface area contributed by atoms with Crippen LogP contribution in [0.2, 0.25) is 0 Å². The molecule has 122 valence electrons. The SMILES string of the molecule is Cc1ccc(S(=O)(=O)N2CCCC(CC(N)=O)CC2)c(F)c1. The number of halogens is 1. The highest BCUT2D eigenvalue weighted by Gasteiger charge is 2.30. The average Bonchev–Trinajstić information content (AvgIpc) is 2.63. The number of nitrogens with two attached hydrogens (primary N) is 1. The summed E-state index contributed by atoms with van der Waals surface area (Å²) < 4.78 is 40.5. The summed E-state index contributed by atoms with van der Waals surface area (Å²) in [6.45, 7) is 2.33. The maximum atomic E-state index is 14.0. The first-order valence-electron chi connectivity index (χ1n) is 7.35. The summed E-state index contributed by atoms with van der Waals surface area (Å²) in [7, 11) is -3.84. The second-order valence-electron chi connectivity index (χ2n) is 5.81. The molecular weight excluding hydrogens is 307 g/mol. The van der Waals surface area contributed by atoms with Crippen molar-refractivity contribution in [1.82, 2.24) is 4.31 Å². The molecular formula is C15H21FN2O3S. The minimum Gasteiger partial charge on any atom is -0.370 e. The van der Waals surface area contributed by atoms with Gasteiger partial charge in [-0.1, -0.05) is 6.07 Å². The summed E-state index contributed by atoms with van der Waals surface area (Å²) in [5.41, 5.74) is 5.87. The van der Waals surface area contributed by atoms with Crippen LogP contribution in [0, 0.1) is 18.7 Å². The van der Waals surface area contributed by atoms with Crippen molar-refractivity contribution in [2.75, 3.05) is 13.1 Å². The lowest BCUT2D eigenvalue weighted by molar-refractivity contribution is -0.119. The van der Waals surface area contributed by atoms with Crippen LogP contribution in [-0.2, 0) is 14.8 Å². The normalized spacial score (nSPS) is 20.5. The van der Waals surface area contributed by atoms with E-state index in [9.17, 15) is 17.6 Å². The minimum absolute atomic E-state index is 0.0977. The van der Waals surface area contributed by atoms with Crippen molar-refractivity contribution in [1.29, 1.82) is 0 Å². The Balaban J connectivity index is 2.18. The number of primary amides is 1. The third-order valence-corrected chi connectivity index (χ3v) is 5.93. The predicted octanol–water partition coefficient (Wildman–Crippen LogP) is 1.80. The lowest BCUT2D eigenvalue weighted by Gasteiger charge is -2.20. The molecule has 2 N–H and O–H groups in total. The summed E-state index contributed by atoms with van der Waals surface area (Å²) in [6, 6.07) is 4.12. The van der Waals surface area contributed by atoms with Crippen LogP contribution in [0.1, 0.15) is 31.2 Å². The van der Waals surface area contributed by atoms with Gasteiger partial charge in [0.1, 0.15) is 10.7 Å². The molecule has 0 bridgehead atoms. The van der Waals surface area contributed by atoms with E-state index in [2.05, 4.69) is 0 Å². The molecule has 0 aromatic heterocycles. The summed E-state index contributed by atoms with van der Waals surface area (Å²) >= 11 is 0. The number of amides is 1. The molecule has 1 fully saturated rings. The fourth-order valence-corrected chi connectivity index (χ4v) is 4.36. The molecule has 0 radical (unpaired) electrons. The highest BCUT2D eigenvalue weighted by molar-refractivity contribution is 7.89. The van der Waals surface area contributed by atoms with Crippen LogP contribution in [-0.4, -0.2) is 31.7 Å². The van der Waals surface area contributed by atoms with Crippen molar-refractivity contribution in [2.24, 2.45) is 11.7 Å². The van der Waals surface area contributed by atoms with E-state index in [0.29, 0.717) is 24.9 Å². The van der Waals surface area contributed by atoms with E-state index in [1.54, 1.807) is 13.0 Å². The Kier molecular flexibility index (Phi) is 5.18. The Morgan fingerprint density at radius 2 is 2.09 bits per heavy atom. The van der Waals surface area contributed by atoms with E-state index in [1.165, 1.54) is 16.4 Å². The molecule has 0 saturated carbocycles. The van der Waals surface area contributed by atoms with Crippen LogP contribution in [0.15, 0.2) is 23.1 Å². The number of hydrogen-bond acceptors (Lipinski definition) is 3. The second-order valence-corrected chi connectivity index (χ2v) is 7.71. The average molecular weight is 328 g/mol. The lowest BCUT2D eigenvalue weighted by Crippen LogP contribution is -2.32. The number of rotatable bonds is 4. The van der Waals surface area contributed by atoms with Gasteiger partial charge in [0, 0.05) is 19.5 Å². The van der Waals surface area contributed by atoms with Gasteiger partial charge in [-0.15, -0.1) is 0 Å². The maximum Gasteiger partial charge on any atom is 0.245 e. The Morgan fingerprint density at radius 3 is 2.73 bits per heavy atom. The van der Waals surface area contributed by atoms with E-state index in [4.69, 9.17) is 5.73 Å². The van der Waals surface area contributed by atoms with Gasteiger partial charge in [0.15, 0.2) is 0 Å². The standard InChI is InChI=1S/C15H21FN2O3S/c1-11-4-5-14(13(16)9-11)22(20,21)18-7-2-3-12(6-8-18)10-15(17)19/h4-5,9,12H,2-3,6-8,10H2,1H3,(H2,17,19). The zero-order valence-electron chi connectivity index (χ0n) is 12.6. The molecule has 1 aliphatic heterocycles. The molecule has 0 aliphatic carbocycles. The first-order valence-corrected chi connectivity index (χ1v) is 8.79. The Bertz CT molecular complexity index is 661. The Hall–Kier alpha value is -1.47. The van der Waals surface area contributed by atoms with Gasteiger partial charge in [-0.05, 0) is 49.8 Å². The van der Waals surface area contributed by atoms with Crippen LogP contribution < -0.4 is 5.73 Å². The van der Waals surface area contributed by atoms with E-state index >= 15 is 0 Å². The quantitative estimate of drug-likeness (QED) is 0.915. The molecule has 1 aromatic rings. The van der Waals surface area contributed by atoms with Gasteiger partial charge < -0.3 is 5.73 Å². The zero-order chi connectivity index (χ0) is 16.3. The van der Waals surface area contributed by atoms with Crippen LogP contribution in [0.3, 0.4) is 0 Å². The molecule has 7 heteroatoms. The summed E-state index contributed by atoms with van der Waals surface area (Å²) in [4.78, 5) is 10.7. The van der Waals surface area contributed by atoms with Crippen molar-refractivity contribution < 1.29 is 17.6 Å². The molecule has 1 aliphatic rings. The summed E-state index contributed by atoms with van der Waals surface area (Å²) in [5, 5.41) is 0. The molecule has 1 saturated heterocycles. The number of hydrogen-bond donors (Lipinski definition) is 1. The van der Waals surface area contributed by atoms with E-state index < -0.39 is 15.8 Å². The van der Waals surface area contributed by atoms with Gasteiger partial charge in [-0.2, -0.15) is 4.31 Å². The molecule has 0 spiro atoms. The Morgan fingerprint density at radius 1 is 1.36 bits per heavy atom. The summed E-state index contributed by atoms with van der Waals surface area (Å²) in [5.74, 6) is -0.996. The minimum atomic E-state index is -3.84. The van der Waals surface area contributed by atoms with Gasteiger partial charge in [0.05, 0.1) is 0 Å². The van der Waals surface area contributed by atoms with Crippen molar-refractivity contribution in [2.45, 2.75) is 37.5 Å². The number of aryl methyl sites for hydroxylation is 1. The van der Waals surface area contributed by atoms with E-state index in [-0.39, 0.29) is 29.7 Å². The number of carbonyl (C=O) groups is 1. The highest BCUT2D eigenvalue weighted by atomic mass is 32.2. The van der Waals surface area contributed by atoms with Gasteiger partial charge in [-0.25, -0.2) is 12.8 Å². The third-order valence-electron chi connectivity index (χ3n) is 4.00. The predicted molar refractivity (Wildman–Crippen MR) is 81.0 cm³/mol. The maximum absolute atomic E-state index is 14.0. The molecule has 1 aromatic carbocycles. The van der Waals surface area contributed by atoms with Crippen molar-refractivity contribution in [3.05, 3.63) is 29.6 Å². The number of carbonyl (C=O) groups excluding carboxylic acids is 1. The summed E-state index contributed by atoms with van der Waals surface area (Å²) in [6.07, 6.45) is 2.23. The number of nitrogens with zero attached hydrogens (tertiary/aromatic N) is 1. The molecule has 5 nitrogen and oxygen atoms in total. The Labute approximate surface area is 130 Å². The van der Waals surface area contributed by atoms with Crippen molar-refractivity contribution in [3.63, 3.8) is 0 Å². The van der Waals surface area contributed by atoms with Crippen LogP contribution >= 0.6 is 0 Å². The molecule has 2 rings (SSSR count). The van der Waals surface area contributed by atoms with Gasteiger partial charge in [-0.3, -0.25) is 4.79 Å². The van der Waals surface area contributed by atoms with Gasteiger partial charge in [0.2, 0.25) is 15.9 Å². The third kappa shape index (κ3) is 3.84. The smallest absolute Gasteiger partial charge is 0.245 e. The van der Waals surface area contributed by atoms with Gasteiger partial charge in [0.25, 0.3) is 0 Å². The van der Waals surface area contributed by atoms with Crippen LogP contribution in [0.25, 0.3) is 0 Å². The van der Waals surface area contributed by atoms with Crippen LogP contribution in [0.5, 0.6) is 0 Å². The molecule has 1 atom stereocenters. The molecule has 1 amide bonds. The topological polar surface area (TPSA) is 80.5 Å². The van der Waals surface area contributed by atoms with E-state index in [1.807, 2.05) is 0 Å². The highest BCUT2D eigenvalue weighted by Crippen LogP contribution is 2.26. The fraction of sp³-hybridized carbons (Fsp3) is 0.533.